The van der Waals surface area contributed by atoms with Crippen LogP contribution in [0.2, 0.25) is 0 Å². The predicted octanol–water partition coefficient (Wildman–Crippen LogP) is 3.36. The van der Waals surface area contributed by atoms with E-state index in [1.165, 1.54) is 0 Å². The number of aromatic nitrogens is 3. The Hall–Kier alpha value is -2.88. The highest BCUT2D eigenvalue weighted by atomic mass is 16.5. The maximum absolute atomic E-state index is 5.22. The van der Waals surface area contributed by atoms with Crippen LogP contribution in [0.1, 0.15) is 5.56 Å². The number of fused-ring (bicyclic) bond motifs is 1. The van der Waals surface area contributed by atoms with Crippen molar-refractivity contribution in [3.63, 3.8) is 0 Å². The van der Waals surface area contributed by atoms with Crippen LogP contribution in [0.4, 0.5) is 0 Å². The quantitative estimate of drug-likeness (QED) is 0.630. The normalized spacial score (nSPS) is 17.7. The van der Waals surface area contributed by atoms with E-state index < -0.39 is 0 Å². The molecule has 0 atom stereocenters. The van der Waals surface area contributed by atoms with Gasteiger partial charge in [-0.15, -0.1) is 0 Å². The van der Waals surface area contributed by atoms with Crippen molar-refractivity contribution in [3.8, 4) is 0 Å². The van der Waals surface area contributed by atoms with E-state index >= 15 is 0 Å². The van der Waals surface area contributed by atoms with Gasteiger partial charge in [0.05, 0.1) is 36.1 Å². The standard InChI is InChI=1S/C17H11N3O/c1-2-12-4-5-17(6-8-21-9-7-17)20-11-19-14-10-18-13(3-1)15(12)16(14)20/h1-11H. The summed E-state index contributed by atoms with van der Waals surface area (Å²) in [6.07, 6.45) is 15.5. The lowest BCUT2D eigenvalue weighted by atomic mass is 9.97. The summed E-state index contributed by atoms with van der Waals surface area (Å²) in [4.78, 5) is 9.04. The van der Waals surface area contributed by atoms with Crippen LogP contribution in [0.5, 0.6) is 0 Å². The van der Waals surface area contributed by atoms with Crippen molar-refractivity contribution in [2.45, 2.75) is 5.54 Å². The molecule has 0 radical (unpaired) electrons. The zero-order valence-electron chi connectivity index (χ0n) is 11.1. The summed E-state index contributed by atoms with van der Waals surface area (Å²) in [6, 6.07) is 6.19. The molecule has 21 heavy (non-hydrogen) atoms. The Balaban J connectivity index is 2.04. The average Bonchev–Trinajstić information content (AvgIpc) is 2.93. The first-order valence-corrected chi connectivity index (χ1v) is 6.83. The number of benzene rings is 1. The molecule has 0 aliphatic carbocycles. The van der Waals surface area contributed by atoms with Crippen LogP contribution in [0, 0.1) is 0 Å². The van der Waals surface area contributed by atoms with E-state index in [-0.39, 0.29) is 5.54 Å². The average molecular weight is 273 g/mol. The molecule has 2 aromatic heterocycles. The number of hydrogen-bond donors (Lipinski definition) is 0. The number of pyridine rings is 1. The van der Waals surface area contributed by atoms with Gasteiger partial charge in [0.15, 0.2) is 0 Å². The topological polar surface area (TPSA) is 39.9 Å². The van der Waals surface area contributed by atoms with Crippen molar-refractivity contribution >= 4 is 28.0 Å². The van der Waals surface area contributed by atoms with Crippen LogP contribution >= 0.6 is 0 Å². The summed E-state index contributed by atoms with van der Waals surface area (Å²) >= 11 is 0. The number of ether oxygens (including phenoxy) is 1. The van der Waals surface area contributed by atoms with Gasteiger partial charge in [-0.05, 0) is 29.9 Å². The van der Waals surface area contributed by atoms with Gasteiger partial charge in [0, 0.05) is 5.39 Å². The highest BCUT2D eigenvalue weighted by Crippen LogP contribution is 2.37. The van der Waals surface area contributed by atoms with E-state index in [0.29, 0.717) is 0 Å². The first-order chi connectivity index (χ1) is 10.4. The van der Waals surface area contributed by atoms with E-state index in [4.69, 9.17) is 4.74 Å². The summed E-state index contributed by atoms with van der Waals surface area (Å²) < 4.78 is 7.39. The Morgan fingerprint density at radius 3 is 2.81 bits per heavy atom. The van der Waals surface area contributed by atoms with Crippen molar-refractivity contribution in [1.82, 2.24) is 14.5 Å². The van der Waals surface area contributed by atoms with Crippen molar-refractivity contribution < 1.29 is 4.74 Å². The molecule has 2 aliphatic rings. The molecule has 0 saturated carbocycles. The molecule has 1 spiro atoms. The van der Waals surface area contributed by atoms with Gasteiger partial charge in [0.25, 0.3) is 0 Å². The zero-order valence-corrected chi connectivity index (χ0v) is 11.1. The van der Waals surface area contributed by atoms with Crippen LogP contribution in [0.25, 0.3) is 28.0 Å². The maximum atomic E-state index is 5.22. The second-order valence-corrected chi connectivity index (χ2v) is 5.31. The molecule has 0 bridgehead atoms. The lowest BCUT2D eigenvalue weighted by molar-refractivity contribution is 0.370. The zero-order chi connectivity index (χ0) is 13.9. The Kier molecular flexibility index (Phi) is 1.86. The van der Waals surface area contributed by atoms with Crippen molar-refractivity contribution in [2.24, 2.45) is 0 Å². The minimum absolute atomic E-state index is 0.375. The minimum Gasteiger partial charge on any atom is -0.473 e. The van der Waals surface area contributed by atoms with Gasteiger partial charge in [0.2, 0.25) is 0 Å². The van der Waals surface area contributed by atoms with E-state index in [1.54, 1.807) is 12.5 Å². The van der Waals surface area contributed by atoms with Gasteiger partial charge in [-0.3, -0.25) is 4.98 Å². The summed E-state index contributed by atoms with van der Waals surface area (Å²) in [7, 11) is 0. The molecule has 0 unspecified atom stereocenters. The number of hydrogen-bond acceptors (Lipinski definition) is 3. The summed E-state index contributed by atoms with van der Waals surface area (Å²) in [5.41, 5.74) is 3.80. The van der Waals surface area contributed by atoms with Crippen molar-refractivity contribution in [1.29, 1.82) is 0 Å². The molecule has 0 amide bonds. The minimum atomic E-state index is -0.375. The molecule has 0 saturated heterocycles. The Morgan fingerprint density at radius 1 is 1.00 bits per heavy atom. The number of nitrogens with zero attached hydrogens (tertiary/aromatic N) is 3. The molecular weight excluding hydrogens is 262 g/mol. The van der Waals surface area contributed by atoms with Gasteiger partial charge in [0.1, 0.15) is 11.1 Å². The summed E-state index contributed by atoms with van der Waals surface area (Å²) in [5, 5.41) is 1.15. The summed E-state index contributed by atoms with van der Waals surface area (Å²) in [5.74, 6) is 0. The second-order valence-electron chi connectivity index (χ2n) is 5.31. The fraction of sp³-hybridized carbons (Fsp3) is 0.0588. The van der Waals surface area contributed by atoms with E-state index in [0.717, 1.165) is 27.5 Å². The monoisotopic (exact) mass is 273 g/mol. The lowest BCUT2D eigenvalue weighted by Crippen LogP contribution is -2.27. The molecule has 3 aromatic rings. The van der Waals surface area contributed by atoms with Crippen LogP contribution in [-0.4, -0.2) is 14.5 Å². The Bertz CT molecular complexity index is 966. The molecule has 4 heterocycles. The third kappa shape index (κ3) is 1.29. The highest BCUT2D eigenvalue weighted by Gasteiger charge is 2.30. The predicted molar refractivity (Wildman–Crippen MR) is 81.4 cm³/mol. The van der Waals surface area contributed by atoms with Crippen LogP contribution in [0.3, 0.4) is 0 Å². The fourth-order valence-electron chi connectivity index (χ4n) is 3.16. The first kappa shape index (κ1) is 10.9. The van der Waals surface area contributed by atoms with Gasteiger partial charge >= 0.3 is 0 Å². The van der Waals surface area contributed by atoms with Crippen LogP contribution in [-0.2, 0) is 10.3 Å². The van der Waals surface area contributed by atoms with Crippen molar-refractivity contribution in [2.75, 3.05) is 0 Å². The second kappa shape index (κ2) is 3.61. The van der Waals surface area contributed by atoms with E-state index in [1.807, 2.05) is 36.8 Å². The van der Waals surface area contributed by atoms with Crippen LogP contribution in [0.15, 0.2) is 61.5 Å². The number of rotatable bonds is 0. The first-order valence-electron chi connectivity index (χ1n) is 6.83. The van der Waals surface area contributed by atoms with Crippen LogP contribution < -0.4 is 0 Å². The van der Waals surface area contributed by atoms with E-state index in [2.05, 4.69) is 32.8 Å². The largest absolute Gasteiger partial charge is 0.473 e. The van der Waals surface area contributed by atoms with Gasteiger partial charge in [-0.25, -0.2) is 4.98 Å². The van der Waals surface area contributed by atoms with Gasteiger partial charge in [-0.2, -0.15) is 0 Å². The molecule has 0 fully saturated rings. The van der Waals surface area contributed by atoms with Gasteiger partial charge < -0.3 is 9.30 Å². The Morgan fingerprint density at radius 2 is 1.90 bits per heavy atom. The SMILES string of the molecule is C1=CC2(C=CO1)C=Cc1cccc3ncc4ncn2c4c13. The Labute approximate surface area is 120 Å². The molecular formula is C17H11N3O. The number of imidazole rings is 1. The fourth-order valence-corrected chi connectivity index (χ4v) is 3.16. The molecule has 4 heteroatoms. The molecule has 100 valence electrons. The molecule has 2 aliphatic heterocycles. The summed E-state index contributed by atoms with van der Waals surface area (Å²) in [6.45, 7) is 0. The maximum Gasteiger partial charge on any atom is 0.108 e. The molecule has 1 aromatic carbocycles. The van der Waals surface area contributed by atoms with E-state index in [9.17, 15) is 0 Å². The molecule has 4 nitrogen and oxygen atoms in total. The third-order valence-corrected chi connectivity index (χ3v) is 4.21. The van der Waals surface area contributed by atoms with Crippen molar-refractivity contribution in [3.05, 3.63) is 67.0 Å². The highest BCUT2D eigenvalue weighted by molar-refractivity contribution is 6.07. The smallest absolute Gasteiger partial charge is 0.108 e. The van der Waals surface area contributed by atoms with Gasteiger partial charge in [-0.1, -0.05) is 18.2 Å². The number of allylic oxidation sites excluding steroid dienone is 3. The molecule has 5 rings (SSSR count). The lowest BCUT2D eigenvalue weighted by Gasteiger charge is -2.27. The molecule has 0 N–H and O–H groups in total. The third-order valence-electron chi connectivity index (χ3n) is 4.21.